The van der Waals surface area contributed by atoms with E-state index < -0.39 is 42.9 Å². The second kappa shape index (κ2) is 9.46. The summed E-state index contributed by atoms with van der Waals surface area (Å²) in [7, 11) is 1.23. The van der Waals surface area contributed by atoms with Crippen molar-refractivity contribution in [1.82, 2.24) is 0 Å². The van der Waals surface area contributed by atoms with Gasteiger partial charge < -0.3 is 4.74 Å². The number of thiophene rings is 1. The highest BCUT2D eigenvalue weighted by Crippen LogP contribution is 2.49. The van der Waals surface area contributed by atoms with Gasteiger partial charge in [0.05, 0.1) is 13.2 Å². The normalized spacial score (nSPS) is 13.7. The van der Waals surface area contributed by atoms with Crippen molar-refractivity contribution in [2.45, 2.75) is 56.2 Å². The van der Waals surface area contributed by atoms with E-state index in [1.165, 1.54) is 13.2 Å². The SMILES string of the molecule is COC(=O)CCCc1ccc(C(CCC(F)(F)C(F)(F)C(F)(F)F)N=[N+]=[N-])s1. The summed E-state index contributed by atoms with van der Waals surface area (Å²) in [5, 5.41) is 3.23. The predicted molar refractivity (Wildman–Crippen MR) is 86.3 cm³/mol. The third-order valence-electron chi connectivity index (χ3n) is 3.78. The van der Waals surface area contributed by atoms with Crippen LogP contribution in [0.2, 0.25) is 0 Å². The highest BCUT2D eigenvalue weighted by Gasteiger charge is 2.72. The molecule has 1 aromatic rings. The van der Waals surface area contributed by atoms with E-state index in [-0.39, 0.29) is 11.3 Å². The number of alkyl halides is 7. The van der Waals surface area contributed by atoms with Crippen LogP contribution in [0.4, 0.5) is 30.7 Å². The fourth-order valence-corrected chi connectivity index (χ4v) is 3.34. The molecule has 0 aliphatic heterocycles. The topological polar surface area (TPSA) is 75.1 Å². The molecule has 0 amide bonds. The molecule has 158 valence electrons. The van der Waals surface area contributed by atoms with Crippen molar-refractivity contribution >= 4 is 17.3 Å². The standard InChI is InChI=1S/C15H16F7N3O2S/c1-27-12(26)4-2-3-9-5-6-11(28-9)10(24-25-23)7-8-13(16,17)14(18,19)15(20,21)22/h5-6,10H,2-4,7-8H2,1H3. The number of rotatable bonds is 10. The maximum Gasteiger partial charge on any atom is 0.459 e. The summed E-state index contributed by atoms with van der Waals surface area (Å²) in [5.74, 6) is -12.0. The van der Waals surface area contributed by atoms with E-state index in [0.717, 1.165) is 11.3 Å². The van der Waals surface area contributed by atoms with Crippen molar-refractivity contribution in [2.75, 3.05) is 7.11 Å². The van der Waals surface area contributed by atoms with Crippen LogP contribution in [0.3, 0.4) is 0 Å². The van der Waals surface area contributed by atoms with Crippen molar-refractivity contribution in [2.24, 2.45) is 5.11 Å². The van der Waals surface area contributed by atoms with Gasteiger partial charge in [0.1, 0.15) is 0 Å². The Balaban J connectivity index is 2.82. The van der Waals surface area contributed by atoms with Gasteiger partial charge in [0.15, 0.2) is 0 Å². The second-order valence-corrected chi connectivity index (χ2v) is 6.97. The minimum atomic E-state index is -6.40. The van der Waals surface area contributed by atoms with Gasteiger partial charge in [0.2, 0.25) is 0 Å². The third kappa shape index (κ3) is 5.99. The highest BCUT2D eigenvalue weighted by atomic mass is 32.1. The van der Waals surface area contributed by atoms with E-state index >= 15 is 0 Å². The van der Waals surface area contributed by atoms with Crippen LogP contribution >= 0.6 is 11.3 Å². The van der Waals surface area contributed by atoms with Gasteiger partial charge in [0, 0.05) is 27.5 Å². The molecule has 0 saturated heterocycles. The first-order valence-corrected chi connectivity index (χ1v) is 8.69. The van der Waals surface area contributed by atoms with Crippen LogP contribution in [0.1, 0.15) is 41.5 Å². The van der Waals surface area contributed by atoms with Gasteiger partial charge in [-0.2, -0.15) is 30.7 Å². The van der Waals surface area contributed by atoms with Crippen LogP contribution in [0.5, 0.6) is 0 Å². The number of esters is 1. The molecular formula is C15H16F7N3O2S. The Morgan fingerprint density at radius 1 is 1.25 bits per heavy atom. The number of methoxy groups -OCH3 is 1. The number of halogens is 7. The molecule has 5 nitrogen and oxygen atoms in total. The minimum Gasteiger partial charge on any atom is -0.469 e. The molecule has 1 unspecified atom stereocenters. The monoisotopic (exact) mass is 435 g/mol. The first-order chi connectivity index (χ1) is 12.9. The number of hydrogen-bond acceptors (Lipinski definition) is 4. The number of hydrogen-bond donors (Lipinski definition) is 0. The lowest BCUT2D eigenvalue weighted by Gasteiger charge is -2.28. The Kier molecular flexibility index (Phi) is 8.12. The lowest BCUT2D eigenvalue weighted by Crippen LogP contribution is -2.51. The Morgan fingerprint density at radius 3 is 2.43 bits per heavy atom. The summed E-state index contributed by atoms with van der Waals surface area (Å²) in [6.07, 6.45) is -8.13. The molecule has 0 bridgehead atoms. The van der Waals surface area contributed by atoms with Crippen molar-refractivity contribution < 1.29 is 40.3 Å². The lowest BCUT2D eigenvalue weighted by atomic mass is 10.0. The Bertz CT molecular complexity index is 715. The Labute approximate surface area is 159 Å². The van der Waals surface area contributed by atoms with Gasteiger partial charge in [-0.3, -0.25) is 4.79 Å². The molecule has 1 aromatic heterocycles. The number of aryl methyl sites for hydroxylation is 1. The quantitative estimate of drug-likeness (QED) is 0.144. The zero-order chi connectivity index (χ0) is 21.6. The molecular weight excluding hydrogens is 419 g/mol. The number of ether oxygens (including phenoxy) is 1. The van der Waals surface area contributed by atoms with Crippen LogP contribution in [-0.4, -0.2) is 31.1 Å². The molecule has 0 aliphatic carbocycles. The zero-order valence-electron chi connectivity index (χ0n) is 14.5. The van der Waals surface area contributed by atoms with Gasteiger partial charge in [-0.25, -0.2) is 0 Å². The molecule has 1 rings (SSSR count). The van der Waals surface area contributed by atoms with Crippen LogP contribution in [0, 0.1) is 0 Å². The Hall–Kier alpha value is -2.01. The van der Waals surface area contributed by atoms with Gasteiger partial charge >= 0.3 is 24.0 Å². The molecule has 1 atom stereocenters. The third-order valence-corrected chi connectivity index (χ3v) is 5.03. The largest absolute Gasteiger partial charge is 0.469 e. The molecule has 0 spiro atoms. The van der Waals surface area contributed by atoms with Crippen molar-refractivity contribution in [1.29, 1.82) is 0 Å². The number of carbonyl (C=O) groups excluding carboxylic acids is 1. The van der Waals surface area contributed by atoms with Crippen LogP contribution < -0.4 is 0 Å². The second-order valence-electron chi connectivity index (χ2n) is 5.77. The summed E-state index contributed by atoms with van der Waals surface area (Å²) in [5.41, 5.74) is 8.55. The van der Waals surface area contributed by atoms with E-state index in [9.17, 15) is 35.5 Å². The zero-order valence-corrected chi connectivity index (χ0v) is 15.3. The molecule has 0 radical (unpaired) electrons. The van der Waals surface area contributed by atoms with Crippen LogP contribution in [-0.2, 0) is 16.0 Å². The van der Waals surface area contributed by atoms with Crippen molar-refractivity contribution in [3.8, 4) is 0 Å². The predicted octanol–water partition coefficient (Wildman–Crippen LogP) is 6.21. The van der Waals surface area contributed by atoms with Gasteiger partial charge in [-0.1, -0.05) is 5.11 Å². The molecule has 0 N–H and O–H groups in total. The summed E-state index contributed by atoms with van der Waals surface area (Å²) in [6.45, 7) is 0. The maximum absolute atomic E-state index is 13.4. The number of carbonyl (C=O) groups is 1. The van der Waals surface area contributed by atoms with E-state index in [1.54, 1.807) is 6.07 Å². The molecule has 0 saturated carbocycles. The van der Waals surface area contributed by atoms with E-state index in [2.05, 4.69) is 14.8 Å². The average molecular weight is 435 g/mol. The summed E-state index contributed by atoms with van der Waals surface area (Å²) in [6, 6.07) is 1.66. The summed E-state index contributed by atoms with van der Waals surface area (Å²) in [4.78, 5) is 14.4. The lowest BCUT2D eigenvalue weighted by molar-refractivity contribution is -0.355. The molecule has 0 fully saturated rings. The summed E-state index contributed by atoms with van der Waals surface area (Å²) >= 11 is 1.03. The average Bonchev–Trinajstić information content (AvgIpc) is 3.05. The molecule has 0 aromatic carbocycles. The summed E-state index contributed by atoms with van der Waals surface area (Å²) < 4.78 is 93.9. The highest BCUT2D eigenvalue weighted by molar-refractivity contribution is 7.12. The van der Waals surface area contributed by atoms with Crippen LogP contribution in [0.15, 0.2) is 17.2 Å². The molecule has 28 heavy (non-hydrogen) atoms. The van der Waals surface area contributed by atoms with Gasteiger partial charge in [-0.05, 0) is 36.9 Å². The molecule has 13 heteroatoms. The first-order valence-electron chi connectivity index (χ1n) is 7.87. The maximum atomic E-state index is 13.4. The minimum absolute atomic E-state index is 0.141. The van der Waals surface area contributed by atoms with Crippen molar-refractivity contribution in [3.05, 3.63) is 32.3 Å². The van der Waals surface area contributed by atoms with Gasteiger partial charge in [-0.15, -0.1) is 11.3 Å². The number of azide groups is 1. The Morgan fingerprint density at radius 2 is 1.89 bits per heavy atom. The van der Waals surface area contributed by atoms with Crippen LogP contribution in [0.25, 0.3) is 10.4 Å². The molecule has 1 heterocycles. The van der Waals surface area contributed by atoms with Crippen molar-refractivity contribution in [3.63, 3.8) is 0 Å². The van der Waals surface area contributed by atoms with E-state index in [4.69, 9.17) is 5.53 Å². The van der Waals surface area contributed by atoms with E-state index in [0.29, 0.717) is 17.7 Å². The van der Waals surface area contributed by atoms with E-state index in [1.807, 2.05) is 0 Å². The first kappa shape index (κ1) is 24.0. The fourth-order valence-electron chi connectivity index (χ4n) is 2.22. The fraction of sp³-hybridized carbons (Fsp3) is 0.667. The smallest absolute Gasteiger partial charge is 0.459 e. The number of nitrogens with zero attached hydrogens (tertiary/aromatic N) is 3. The van der Waals surface area contributed by atoms with Gasteiger partial charge in [0.25, 0.3) is 0 Å². The molecule has 0 aliphatic rings.